The van der Waals surface area contributed by atoms with Gasteiger partial charge in [0.25, 0.3) is 0 Å². The maximum atomic E-state index is 11.3. The van der Waals surface area contributed by atoms with Crippen LogP contribution in [0.1, 0.15) is 29.3 Å². The van der Waals surface area contributed by atoms with Gasteiger partial charge in [0.15, 0.2) is 0 Å². The van der Waals surface area contributed by atoms with E-state index in [1.54, 1.807) is 12.1 Å². The Labute approximate surface area is 103 Å². The SMILES string of the molecule is CCC(=O)Cc1cc(Br)cc(C(=O)OC)c1. The summed E-state index contributed by atoms with van der Waals surface area (Å²) >= 11 is 3.30. The number of benzene rings is 1. The van der Waals surface area contributed by atoms with Crippen molar-refractivity contribution >= 4 is 27.7 Å². The quantitative estimate of drug-likeness (QED) is 0.799. The van der Waals surface area contributed by atoms with Crippen molar-refractivity contribution in [2.45, 2.75) is 19.8 Å². The molecule has 4 heteroatoms. The fraction of sp³-hybridized carbons (Fsp3) is 0.333. The Morgan fingerprint density at radius 3 is 2.56 bits per heavy atom. The Bertz CT molecular complexity index is 413. The molecule has 16 heavy (non-hydrogen) atoms. The van der Waals surface area contributed by atoms with Crippen molar-refractivity contribution in [2.24, 2.45) is 0 Å². The lowest BCUT2D eigenvalue weighted by Gasteiger charge is -2.04. The fourth-order valence-electron chi connectivity index (χ4n) is 1.34. The molecule has 1 aromatic carbocycles. The van der Waals surface area contributed by atoms with Gasteiger partial charge in [0.2, 0.25) is 0 Å². The van der Waals surface area contributed by atoms with Gasteiger partial charge >= 0.3 is 5.97 Å². The van der Waals surface area contributed by atoms with E-state index in [1.165, 1.54) is 7.11 Å². The van der Waals surface area contributed by atoms with Crippen LogP contribution in [0, 0.1) is 0 Å². The molecule has 0 aliphatic carbocycles. The van der Waals surface area contributed by atoms with Crippen LogP contribution >= 0.6 is 15.9 Å². The zero-order valence-corrected chi connectivity index (χ0v) is 10.8. The van der Waals surface area contributed by atoms with Crippen LogP contribution < -0.4 is 0 Å². The van der Waals surface area contributed by atoms with Gasteiger partial charge in [-0.25, -0.2) is 4.79 Å². The van der Waals surface area contributed by atoms with Crippen molar-refractivity contribution < 1.29 is 14.3 Å². The predicted octanol–water partition coefficient (Wildman–Crippen LogP) is 2.76. The van der Waals surface area contributed by atoms with Gasteiger partial charge in [-0.3, -0.25) is 4.79 Å². The molecule has 0 aromatic heterocycles. The summed E-state index contributed by atoms with van der Waals surface area (Å²) in [4.78, 5) is 22.7. The lowest BCUT2D eigenvalue weighted by atomic mass is 10.0. The van der Waals surface area contributed by atoms with E-state index >= 15 is 0 Å². The number of hydrogen-bond donors (Lipinski definition) is 0. The van der Waals surface area contributed by atoms with Crippen molar-refractivity contribution in [1.82, 2.24) is 0 Å². The highest BCUT2D eigenvalue weighted by Crippen LogP contribution is 2.17. The molecule has 0 bridgehead atoms. The maximum absolute atomic E-state index is 11.3. The second-order valence-corrected chi connectivity index (χ2v) is 4.32. The number of methoxy groups -OCH3 is 1. The zero-order valence-electron chi connectivity index (χ0n) is 9.25. The summed E-state index contributed by atoms with van der Waals surface area (Å²) in [6, 6.07) is 5.19. The topological polar surface area (TPSA) is 43.4 Å². The molecule has 0 aliphatic rings. The molecule has 86 valence electrons. The Kier molecular flexibility index (Phi) is 4.68. The molecule has 0 heterocycles. The fourth-order valence-corrected chi connectivity index (χ4v) is 1.88. The summed E-state index contributed by atoms with van der Waals surface area (Å²) in [5.41, 5.74) is 1.28. The molecule has 0 radical (unpaired) electrons. The normalized spacial score (nSPS) is 9.94. The minimum Gasteiger partial charge on any atom is -0.465 e. The van der Waals surface area contributed by atoms with Crippen molar-refractivity contribution in [3.8, 4) is 0 Å². The summed E-state index contributed by atoms with van der Waals surface area (Å²) in [5.74, 6) is -0.250. The van der Waals surface area contributed by atoms with Gasteiger partial charge in [-0.2, -0.15) is 0 Å². The third kappa shape index (κ3) is 3.45. The average Bonchev–Trinajstić information content (AvgIpc) is 2.27. The largest absolute Gasteiger partial charge is 0.465 e. The summed E-state index contributed by atoms with van der Waals surface area (Å²) in [7, 11) is 1.33. The second-order valence-electron chi connectivity index (χ2n) is 3.41. The molecule has 0 spiro atoms. The third-order valence-corrected chi connectivity index (χ3v) is 2.63. The molecule has 0 aliphatic heterocycles. The number of esters is 1. The molecule has 0 saturated heterocycles. The van der Waals surface area contributed by atoms with Crippen molar-refractivity contribution in [1.29, 1.82) is 0 Å². The number of rotatable bonds is 4. The Morgan fingerprint density at radius 2 is 2.00 bits per heavy atom. The summed E-state index contributed by atoms with van der Waals surface area (Å²) in [6.07, 6.45) is 0.847. The summed E-state index contributed by atoms with van der Waals surface area (Å²) < 4.78 is 5.41. The number of hydrogen-bond acceptors (Lipinski definition) is 3. The van der Waals surface area contributed by atoms with E-state index in [4.69, 9.17) is 0 Å². The monoisotopic (exact) mass is 284 g/mol. The molecule has 0 atom stereocenters. The minimum atomic E-state index is -0.397. The number of ether oxygens (including phenoxy) is 1. The molecule has 1 aromatic rings. The van der Waals surface area contributed by atoms with Gasteiger partial charge in [0.1, 0.15) is 5.78 Å². The molecule has 0 N–H and O–H groups in total. The molecular formula is C12H13BrO3. The molecule has 1 rings (SSSR count). The van der Waals surface area contributed by atoms with Gasteiger partial charge in [-0.15, -0.1) is 0 Å². The lowest BCUT2D eigenvalue weighted by Crippen LogP contribution is -2.05. The van der Waals surface area contributed by atoms with Crippen molar-refractivity contribution in [3.63, 3.8) is 0 Å². The van der Waals surface area contributed by atoms with Gasteiger partial charge in [-0.1, -0.05) is 22.9 Å². The van der Waals surface area contributed by atoms with Crippen LogP contribution in [-0.4, -0.2) is 18.9 Å². The minimum absolute atomic E-state index is 0.147. The Balaban J connectivity index is 2.98. The molecule has 0 unspecified atom stereocenters. The lowest BCUT2D eigenvalue weighted by molar-refractivity contribution is -0.118. The highest BCUT2D eigenvalue weighted by Gasteiger charge is 2.09. The number of Topliss-reactive ketones (excluding diaryl/α,β-unsaturated/α-hetero) is 1. The van der Waals surface area contributed by atoms with E-state index in [1.807, 2.05) is 13.0 Å². The highest BCUT2D eigenvalue weighted by molar-refractivity contribution is 9.10. The molecule has 0 amide bonds. The second kappa shape index (κ2) is 5.80. The maximum Gasteiger partial charge on any atom is 0.337 e. The van der Waals surface area contributed by atoms with Crippen LogP contribution in [-0.2, 0) is 16.0 Å². The predicted molar refractivity (Wildman–Crippen MR) is 64.5 cm³/mol. The van der Waals surface area contributed by atoms with E-state index in [0.29, 0.717) is 18.4 Å². The van der Waals surface area contributed by atoms with Crippen molar-refractivity contribution in [2.75, 3.05) is 7.11 Å². The summed E-state index contributed by atoms with van der Waals surface area (Å²) in [6.45, 7) is 1.82. The van der Waals surface area contributed by atoms with Crippen LogP contribution in [0.25, 0.3) is 0 Å². The molecule has 0 saturated carbocycles. The van der Waals surface area contributed by atoms with E-state index in [-0.39, 0.29) is 5.78 Å². The highest BCUT2D eigenvalue weighted by atomic mass is 79.9. The average molecular weight is 285 g/mol. The van der Waals surface area contributed by atoms with Crippen LogP contribution in [0.3, 0.4) is 0 Å². The smallest absolute Gasteiger partial charge is 0.337 e. The Morgan fingerprint density at radius 1 is 1.31 bits per heavy atom. The van der Waals surface area contributed by atoms with E-state index in [2.05, 4.69) is 20.7 Å². The number of halogens is 1. The van der Waals surface area contributed by atoms with Crippen LogP contribution in [0.4, 0.5) is 0 Å². The first-order valence-corrected chi connectivity index (χ1v) is 5.75. The molecule has 3 nitrogen and oxygen atoms in total. The van der Waals surface area contributed by atoms with Gasteiger partial charge in [0.05, 0.1) is 12.7 Å². The zero-order chi connectivity index (χ0) is 12.1. The van der Waals surface area contributed by atoms with Crippen LogP contribution in [0.15, 0.2) is 22.7 Å². The van der Waals surface area contributed by atoms with Gasteiger partial charge in [-0.05, 0) is 23.8 Å². The van der Waals surface area contributed by atoms with Crippen LogP contribution in [0.5, 0.6) is 0 Å². The van der Waals surface area contributed by atoms with Gasteiger partial charge in [0, 0.05) is 17.3 Å². The van der Waals surface area contributed by atoms with E-state index in [0.717, 1.165) is 10.0 Å². The van der Waals surface area contributed by atoms with Crippen molar-refractivity contribution in [3.05, 3.63) is 33.8 Å². The van der Waals surface area contributed by atoms with E-state index < -0.39 is 5.97 Å². The Hall–Kier alpha value is -1.16. The number of ketones is 1. The van der Waals surface area contributed by atoms with Crippen LogP contribution in [0.2, 0.25) is 0 Å². The number of carbonyl (C=O) groups is 2. The van der Waals surface area contributed by atoms with Gasteiger partial charge < -0.3 is 4.74 Å². The molecular weight excluding hydrogens is 272 g/mol. The number of carbonyl (C=O) groups excluding carboxylic acids is 2. The summed E-state index contributed by atoms with van der Waals surface area (Å²) in [5, 5.41) is 0. The molecule has 0 fully saturated rings. The standard InChI is InChI=1S/C12H13BrO3/c1-3-11(14)6-8-4-9(12(15)16-2)7-10(13)5-8/h4-5,7H,3,6H2,1-2H3. The first-order valence-electron chi connectivity index (χ1n) is 4.96. The van der Waals surface area contributed by atoms with E-state index in [9.17, 15) is 9.59 Å². The third-order valence-electron chi connectivity index (χ3n) is 2.17. The first-order chi connectivity index (χ1) is 7.56. The first kappa shape index (κ1) is 12.9.